The average Bonchev–Trinajstić information content (AvgIpc) is 2.23. The van der Waals surface area contributed by atoms with Crippen LogP contribution in [-0.2, 0) is 9.53 Å². The van der Waals surface area contributed by atoms with E-state index in [-0.39, 0.29) is 12.2 Å². The second-order valence-electron chi connectivity index (χ2n) is 4.61. The lowest BCUT2D eigenvalue weighted by Crippen LogP contribution is -2.33. The molecule has 0 saturated carbocycles. The third-order valence-corrected chi connectivity index (χ3v) is 3.05. The number of carbonyl (C=O) groups excluding carboxylic acids is 1. The fourth-order valence-corrected chi connectivity index (χ4v) is 2.16. The summed E-state index contributed by atoms with van der Waals surface area (Å²) in [5.41, 5.74) is 0. The van der Waals surface area contributed by atoms with Gasteiger partial charge in [0.1, 0.15) is 5.78 Å². The van der Waals surface area contributed by atoms with Gasteiger partial charge in [0.25, 0.3) is 0 Å². The van der Waals surface area contributed by atoms with Crippen LogP contribution >= 0.6 is 0 Å². The molecule has 0 amide bonds. The summed E-state index contributed by atoms with van der Waals surface area (Å²) in [6.45, 7) is 4.36. The number of ketones is 1. The zero-order valence-electron chi connectivity index (χ0n) is 10.1. The minimum Gasteiger partial charge on any atom is -0.374 e. The number of Topliss-reactive ketones (excluding diaryl/α,β-unsaturated/α-hetero) is 1. The molecule has 0 aromatic heterocycles. The number of hydrogen-bond donors (Lipinski definition) is 0. The highest BCUT2D eigenvalue weighted by molar-refractivity contribution is 5.80. The summed E-state index contributed by atoms with van der Waals surface area (Å²) in [6.07, 6.45) is 8.60. The van der Waals surface area contributed by atoms with E-state index < -0.39 is 0 Å². The van der Waals surface area contributed by atoms with Crippen LogP contribution in [0.25, 0.3) is 0 Å². The van der Waals surface area contributed by atoms with Crippen LogP contribution in [0.3, 0.4) is 0 Å². The number of hydrogen-bond acceptors (Lipinski definition) is 2. The van der Waals surface area contributed by atoms with Gasteiger partial charge in [0.05, 0.1) is 12.2 Å². The standard InChI is InChI=1S/C13H24O2/c1-3-5-7-12-9-11(14)10-13(15-12)8-6-4-2/h12-13H,3-10H2,1-2H3/t12-,13+. The van der Waals surface area contributed by atoms with Crippen LogP contribution in [0.4, 0.5) is 0 Å². The maximum Gasteiger partial charge on any atom is 0.138 e. The van der Waals surface area contributed by atoms with Crippen molar-refractivity contribution in [3.63, 3.8) is 0 Å². The largest absolute Gasteiger partial charge is 0.374 e. The Bertz CT molecular complexity index is 171. The molecule has 1 saturated heterocycles. The van der Waals surface area contributed by atoms with Crippen molar-refractivity contribution >= 4 is 5.78 Å². The van der Waals surface area contributed by atoms with Gasteiger partial charge in [-0.3, -0.25) is 4.79 Å². The lowest BCUT2D eigenvalue weighted by Gasteiger charge is -2.29. The van der Waals surface area contributed by atoms with Crippen LogP contribution in [0, 0.1) is 0 Å². The maximum absolute atomic E-state index is 11.5. The molecule has 0 aromatic rings. The highest BCUT2D eigenvalue weighted by Gasteiger charge is 2.26. The van der Waals surface area contributed by atoms with Gasteiger partial charge in [-0.1, -0.05) is 39.5 Å². The normalized spacial score (nSPS) is 26.9. The Balaban J connectivity index is 2.30. The first-order valence-corrected chi connectivity index (χ1v) is 6.43. The fourth-order valence-electron chi connectivity index (χ4n) is 2.16. The molecule has 1 rings (SSSR count). The van der Waals surface area contributed by atoms with Crippen molar-refractivity contribution in [2.45, 2.75) is 77.4 Å². The second kappa shape index (κ2) is 7.00. The quantitative estimate of drug-likeness (QED) is 0.673. The minimum absolute atomic E-state index is 0.216. The predicted octanol–water partition coefficient (Wildman–Crippen LogP) is 3.48. The van der Waals surface area contributed by atoms with E-state index in [4.69, 9.17) is 4.74 Å². The predicted molar refractivity (Wildman–Crippen MR) is 62.0 cm³/mol. The molecule has 0 aliphatic carbocycles. The maximum atomic E-state index is 11.5. The first-order valence-electron chi connectivity index (χ1n) is 6.43. The van der Waals surface area contributed by atoms with E-state index >= 15 is 0 Å². The summed E-state index contributed by atoms with van der Waals surface area (Å²) in [4.78, 5) is 11.5. The van der Waals surface area contributed by atoms with Crippen LogP contribution in [0.5, 0.6) is 0 Å². The zero-order valence-corrected chi connectivity index (χ0v) is 10.1. The summed E-state index contributed by atoms with van der Waals surface area (Å²) in [5, 5.41) is 0. The van der Waals surface area contributed by atoms with Crippen LogP contribution in [0.1, 0.15) is 65.2 Å². The van der Waals surface area contributed by atoms with Gasteiger partial charge < -0.3 is 4.74 Å². The Kier molecular flexibility index (Phi) is 5.92. The molecule has 0 bridgehead atoms. The molecule has 2 atom stereocenters. The SMILES string of the molecule is CCCC[C@@H]1CC(=O)C[C@H](CCCC)O1. The smallest absolute Gasteiger partial charge is 0.138 e. The molecule has 0 aromatic carbocycles. The number of rotatable bonds is 6. The first kappa shape index (κ1) is 12.7. The van der Waals surface area contributed by atoms with Crippen LogP contribution < -0.4 is 0 Å². The van der Waals surface area contributed by atoms with E-state index in [2.05, 4.69) is 13.8 Å². The number of ether oxygens (including phenoxy) is 1. The third-order valence-electron chi connectivity index (χ3n) is 3.05. The van der Waals surface area contributed by atoms with Crippen LogP contribution in [-0.4, -0.2) is 18.0 Å². The molecular formula is C13H24O2. The molecule has 88 valence electrons. The van der Waals surface area contributed by atoms with Gasteiger partial charge in [-0.25, -0.2) is 0 Å². The molecule has 0 radical (unpaired) electrons. The molecule has 1 aliphatic heterocycles. The van der Waals surface area contributed by atoms with Crippen LogP contribution in [0.15, 0.2) is 0 Å². The molecule has 0 spiro atoms. The first-order chi connectivity index (χ1) is 7.26. The molecule has 2 heteroatoms. The fraction of sp³-hybridized carbons (Fsp3) is 0.923. The van der Waals surface area contributed by atoms with Crippen LogP contribution in [0.2, 0.25) is 0 Å². The average molecular weight is 212 g/mol. The third kappa shape index (κ3) is 4.78. The molecular weight excluding hydrogens is 188 g/mol. The Labute approximate surface area is 93.4 Å². The van der Waals surface area contributed by atoms with Gasteiger partial charge in [0.15, 0.2) is 0 Å². The van der Waals surface area contributed by atoms with Gasteiger partial charge in [-0.05, 0) is 12.8 Å². The van der Waals surface area contributed by atoms with E-state index in [1.54, 1.807) is 0 Å². The molecule has 15 heavy (non-hydrogen) atoms. The van der Waals surface area contributed by atoms with Gasteiger partial charge in [-0.2, -0.15) is 0 Å². The second-order valence-corrected chi connectivity index (χ2v) is 4.61. The van der Waals surface area contributed by atoms with Gasteiger partial charge in [-0.15, -0.1) is 0 Å². The van der Waals surface area contributed by atoms with Crippen molar-refractivity contribution < 1.29 is 9.53 Å². The monoisotopic (exact) mass is 212 g/mol. The minimum atomic E-state index is 0.216. The Hall–Kier alpha value is -0.370. The number of carbonyl (C=O) groups is 1. The van der Waals surface area contributed by atoms with E-state index in [0.29, 0.717) is 18.6 Å². The lowest BCUT2D eigenvalue weighted by molar-refractivity contribution is -0.136. The van der Waals surface area contributed by atoms with E-state index in [9.17, 15) is 4.79 Å². The van der Waals surface area contributed by atoms with Crippen molar-refractivity contribution in [3.8, 4) is 0 Å². The molecule has 1 aliphatic rings. The highest BCUT2D eigenvalue weighted by Crippen LogP contribution is 2.23. The van der Waals surface area contributed by atoms with Crippen molar-refractivity contribution in [2.75, 3.05) is 0 Å². The molecule has 0 N–H and O–H groups in total. The summed E-state index contributed by atoms with van der Waals surface area (Å²) in [6, 6.07) is 0. The van der Waals surface area contributed by atoms with Crippen molar-refractivity contribution in [1.82, 2.24) is 0 Å². The number of unbranched alkanes of at least 4 members (excludes halogenated alkanes) is 2. The Morgan fingerprint density at radius 3 is 1.93 bits per heavy atom. The van der Waals surface area contributed by atoms with Crippen molar-refractivity contribution in [3.05, 3.63) is 0 Å². The summed E-state index contributed by atoms with van der Waals surface area (Å²) >= 11 is 0. The summed E-state index contributed by atoms with van der Waals surface area (Å²) in [7, 11) is 0. The molecule has 1 fully saturated rings. The van der Waals surface area contributed by atoms with E-state index in [1.165, 1.54) is 25.7 Å². The van der Waals surface area contributed by atoms with Gasteiger partial charge in [0.2, 0.25) is 0 Å². The highest BCUT2D eigenvalue weighted by atomic mass is 16.5. The summed E-state index contributed by atoms with van der Waals surface area (Å²) in [5.74, 6) is 0.406. The zero-order chi connectivity index (χ0) is 11.1. The van der Waals surface area contributed by atoms with E-state index in [0.717, 1.165) is 12.8 Å². The molecule has 0 unspecified atom stereocenters. The lowest BCUT2D eigenvalue weighted by atomic mass is 9.96. The van der Waals surface area contributed by atoms with Crippen molar-refractivity contribution in [2.24, 2.45) is 0 Å². The Morgan fingerprint density at radius 2 is 1.53 bits per heavy atom. The van der Waals surface area contributed by atoms with Gasteiger partial charge >= 0.3 is 0 Å². The topological polar surface area (TPSA) is 26.3 Å². The molecule has 2 nitrogen and oxygen atoms in total. The summed E-state index contributed by atoms with van der Waals surface area (Å²) < 4.78 is 5.94. The van der Waals surface area contributed by atoms with E-state index in [1.807, 2.05) is 0 Å². The molecule has 1 heterocycles. The van der Waals surface area contributed by atoms with Crippen molar-refractivity contribution in [1.29, 1.82) is 0 Å². The Morgan fingerprint density at radius 1 is 1.07 bits per heavy atom. The van der Waals surface area contributed by atoms with Gasteiger partial charge in [0, 0.05) is 12.8 Å².